The van der Waals surface area contributed by atoms with Gasteiger partial charge in [-0.25, -0.2) is 0 Å². The van der Waals surface area contributed by atoms with Crippen molar-refractivity contribution in [2.24, 2.45) is 5.92 Å². The van der Waals surface area contributed by atoms with Gasteiger partial charge >= 0.3 is 0 Å². The van der Waals surface area contributed by atoms with Gasteiger partial charge in [0, 0.05) is 18.5 Å². The third-order valence-corrected chi connectivity index (χ3v) is 3.97. The van der Waals surface area contributed by atoms with Crippen LogP contribution >= 0.6 is 11.5 Å². The second kappa shape index (κ2) is 5.62. The molecule has 3 rings (SSSR count). The molecule has 0 spiro atoms. The van der Waals surface area contributed by atoms with Crippen molar-refractivity contribution in [3.05, 3.63) is 5.38 Å². The predicted molar refractivity (Wildman–Crippen MR) is 74.1 cm³/mol. The molecule has 0 aromatic carbocycles. The number of piperidine rings is 1. The molecule has 0 radical (unpaired) electrons. The number of H-pyrrole nitrogens is 1. The van der Waals surface area contributed by atoms with Crippen molar-refractivity contribution in [2.45, 2.75) is 12.8 Å². The van der Waals surface area contributed by atoms with Gasteiger partial charge in [0.15, 0.2) is 5.82 Å². The van der Waals surface area contributed by atoms with Crippen molar-refractivity contribution < 1.29 is 0 Å². The summed E-state index contributed by atoms with van der Waals surface area (Å²) in [4.78, 5) is 6.72. The zero-order valence-electron chi connectivity index (χ0n) is 10.8. The smallest absolute Gasteiger partial charge is 0.245 e. The van der Waals surface area contributed by atoms with Crippen LogP contribution in [-0.2, 0) is 0 Å². The molecule has 2 N–H and O–H groups in total. The molecular weight excluding hydrogens is 262 g/mol. The van der Waals surface area contributed by atoms with Gasteiger partial charge in [-0.1, -0.05) is 4.49 Å². The van der Waals surface area contributed by atoms with Gasteiger partial charge in [-0.05, 0) is 43.9 Å². The van der Waals surface area contributed by atoms with E-state index >= 15 is 0 Å². The van der Waals surface area contributed by atoms with Crippen LogP contribution in [0.25, 0.3) is 11.5 Å². The number of anilines is 1. The van der Waals surface area contributed by atoms with Crippen LogP contribution in [0.2, 0.25) is 0 Å². The van der Waals surface area contributed by atoms with E-state index in [9.17, 15) is 0 Å². The molecule has 0 unspecified atom stereocenters. The standard InChI is InChI=1S/C11H17N7S/c1-12-6-8-2-4-18(5-3-8)11-13-10(15-16-11)9-7-19-17-14-9/h7-8,12H,2-6H2,1H3,(H,13,15,16). The first-order valence-corrected chi connectivity index (χ1v) is 7.30. The van der Waals surface area contributed by atoms with E-state index in [1.165, 1.54) is 24.4 Å². The highest BCUT2D eigenvalue weighted by Crippen LogP contribution is 2.22. The summed E-state index contributed by atoms with van der Waals surface area (Å²) >= 11 is 1.32. The Morgan fingerprint density at radius 3 is 3.00 bits per heavy atom. The maximum Gasteiger partial charge on any atom is 0.245 e. The number of hydrogen-bond donors (Lipinski definition) is 2. The van der Waals surface area contributed by atoms with E-state index in [1.54, 1.807) is 0 Å². The fraction of sp³-hybridized carbons (Fsp3) is 0.636. The van der Waals surface area contributed by atoms with Gasteiger partial charge in [0.2, 0.25) is 5.95 Å². The average molecular weight is 279 g/mol. The molecule has 0 saturated carbocycles. The normalized spacial score (nSPS) is 17.0. The third-order valence-electron chi connectivity index (χ3n) is 3.47. The quantitative estimate of drug-likeness (QED) is 0.860. The summed E-state index contributed by atoms with van der Waals surface area (Å²) in [6.45, 7) is 3.12. The Labute approximate surface area is 115 Å². The topological polar surface area (TPSA) is 82.6 Å². The van der Waals surface area contributed by atoms with E-state index in [4.69, 9.17) is 0 Å². The van der Waals surface area contributed by atoms with E-state index in [0.29, 0.717) is 5.82 Å². The van der Waals surface area contributed by atoms with Crippen LogP contribution < -0.4 is 10.2 Å². The van der Waals surface area contributed by atoms with Crippen LogP contribution in [0, 0.1) is 5.92 Å². The molecule has 1 aliphatic heterocycles. The number of aromatic amines is 1. The molecule has 102 valence electrons. The zero-order chi connectivity index (χ0) is 13.1. The highest BCUT2D eigenvalue weighted by atomic mass is 32.1. The molecule has 8 heteroatoms. The Morgan fingerprint density at radius 1 is 1.47 bits per heavy atom. The molecule has 2 aromatic rings. The van der Waals surface area contributed by atoms with Gasteiger partial charge in [0.25, 0.3) is 0 Å². The summed E-state index contributed by atoms with van der Waals surface area (Å²) in [7, 11) is 2.01. The Bertz CT molecular complexity index is 501. The summed E-state index contributed by atoms with van der Waals surface area (Å²) in [5, 5.41) is 16.3. The minimum absolute atomic E-state index is 0.695. The number of rotatable bonds is 4. The lowest BCUT2D eigenvalue weighted by Gasteiger charge is -2.30. The minimum atomic E-state index is 0.695. The number of hydrogen-bond acceptors (Lipinski definition) is 7. The largest absolute Gasteiger partial charge is 0.340 e. The second-order valence-corrected chi connectivity index (χ2v) is 5.37. The minimum Gasteiger partial charge on any atom is -0.340 e. The van der Waals surface area contributed by atoms with Gasteiger partial charge in [0.05, 0.1) is 0 Å². The predicted octanol–water partition coefficient (Wildman–Crippen LogP) is 0.759. The van der Waals surface area contributed by atoms with E-state index in [-0.39, 0.29) is 0 Å². The van der Waals surface area contributed by atoms with Crippen LogP contribution in [0.5, 0.6) is 0 Å². The monoisotopic (exact) mass is 279 g/mol. The molecule has 0 amide bonds. The molecule has 2 aromatic heterocycles. The first-order chi connectivity index (χ1) is 9.36. The molecule has 0 aliphatic carbocycles. The first-order valence-electron chi connectivity index (χ1n) is 6.46. The highest BCUT2D eigenvalue weighted by molar-refractivity contribution is 7.03. The van der Waals surface area contributed by atoms with Gasteiger partial charge in [0.1, 0.15) is 5.69 Å². The van der Waals surface area contributed by atoms with Crippen molar-refractivity contribution in [2.75, 3.05) is 31.6 Å². The highest BCUT2D eigenvalue weighted by Gasteiger charge is 2.21. The van der Waals surface area contributed by atoms with Gasteiger partial charge in [-0.2, -0.15) is 4.98 Å². The molecule has 1 saturated heterocycles. The lowest BCUT2D eigenvalue weighted by molar-refractivity contribution is 0.391. The fourth-order valence-electron chi connectivity index (χ4n) is 2.40. The summed E-state index contributed by atoms with van der Waals surface area (Å²) in [6, 6.07) is 0. The summed E-state index contributed by atoms with van der Waals surface area (Å²) in [5.74, 6) is 2.23. The fourth-order valence-corrected chi connectivity index (χ4v) is 2.84. The molecule has 0 atom stereocenters. The third kappa shape index (κ3) is 2.74. The van der Waals surface area contributed by atoms with Crippen molar-refractivity contribution in [3.63, 3.8) is 0 Å². The summed E-state index contributed by atoms with van der Waals surface area (Å²) in [5.41, 5.74) is 0.758. The van der Waals surface area contributed by atoms with Crippen LogP contribution in [0.3, 0.4) is 0 Å². The van der Waals surface area contributed by atoms with Crippen molar-refractivity contribution in [3.8, 4) is 11.5 Å². The van der Waals surface area contributed by atoms with Crippen LogP contribution in [0.15, 0.2) is 5.38 Å². The van der Waals surface area contributed by atoms with Gasteiger partial charge < -0.3 is 10.2 Å². The van der Waals surface area contributed by atoms with Crippen molar-refractivity contribution >= 4 is 17.5 Å². The molecule has 1 fully saturated rings. The Morgan fingerprint density at radius 2 is 2.32 bits per heavy atom. The molecule has 3 heterocycles. The lowest BCUT2D eigenvalue weighted by Crippen LogP contribution is -2.37. The van der Waals surface area contributed by atoms with Crippen molar-refractivity contribution in [1.29, 1.82) is 0 Å². The molecule has 19 heavy (non-hydrogen) atoms. The van der Waals surface area contributed by atoms with E-state index in [2.05, 4.69) is 35.0 Å². The van der Waals surface area contributed by atoms with E-state index in [1.807, 2.05) is 12.4 Å². The van der Waals surface area contributed by atoms with Crippen LogP contribution in [-0.4, -0.2) is 51.5 Å². The molecule has 0 bridgehead atoms. The number of nitrogens with one attached hydrogen (secondary N) is 2. The average Bonchev–Trinajstić information content (AvgIpc) is 3.11. The van der Waals surface area contributed by atoms with Crippen LogP contribution in [0.1, 0.15) is 12.8 Å². The first kappa shape index (κ1) is 12.5. The second-order valence-electron chi connectivity index (χ2n) is 4.76. The maximum atomic E-state index is 4.50. The number of nitrogens with zero attached hydrogens (tertiary/aromatic N) is 5. The van der Waals surface area contributed by atoms with Gasteiger partial charge in [-0.3, -0.25) is 5.10 Å². The Balaban J connectivity index is 1.64. The summed E-state index contributed by atoms with van der Waals surface area (Å²) in [6.07, 6.45) is 2.37. The molecule has 7 nitrogen and oxygen atoms in total. The number of aromatic nitrogens is 5. The molecule has 1 aliphatic rings. The lowest BCUT2D eigenvalue weighted by atomic mass is 9.97. The van der Waals surface area contributed by atoms with E-state index < -0.39 is 0 Å². The van der Waals surface area contributed by atoms with Gasteiger partial charge in [-0.15, -0.1) is 10.2 Å². The van der Waals surface area contributed by atoms with Crippen molar-refractivity contribution in [1.82, 2.24) is 30.1 Å². The van der Waals surface area contributed by atoms with Crippen LogP contribution in [0.4, 0.5) is 5.95 Å². The SMILES string of the molecule is CNCC1CCN(c2n[nH]c(-c3csnn3)n2)CC1. The summed E-state index contributed by atoms with van der Waals surface area (Å²) < 4.78 is 3.83. The Kier molecular flexibility index (Phi) is 3.69. The zero-order valence-corrected chi connectivity index (χ0v) is 11.7. The Hall–Kier alpha value is -1.54. The maximum absolute atomic E-state index is 4.50. The molecular formula is C11H17N7S. The van der Waals surface area contributed by atoms with E-state index in [0.717, 1.165) is 37.2 Å².